The topological polar surface area (TPSA) is 57.8 Å². The summed E-state index contributed by atoms with van der Waals surface area (Å²) in [6, 6.07) is 13.8. The molecule has 3 heterocycles. The van der Waals surface area contributed by atoms with Crippen LogP contribution in [0.2, 0.25) is 0 Å². The van der Waals surface area contributed by atoms with Gasteiger partial charge in [0.15, 0.2) is 5.69 Å². The van der Waals surface area contributed by atoms with Gasteiger partial charge in [0.1, 0.15) is 0 Å². The molecule has 0 bridgehead atoms. The Hall–Kier alpha value is -2.87. The van der Waals surface area contributed by atoms with Gasteiger partial charge < -0.3 is 10.0 Å². The average molecular weight is 443 g/mol. The minimum absolute atomic E-state index is 0.140. The van der Waals surface area contributed by atoms with Gasteiger partial charge in [-0.3, -0.25) is 9.20 Å². The third kappa shape index (κ3) is 3.28. The van der Waals surface area contributed by atoms with Gasteiger partial charge in [0.05, 0.1) is 11.1 Å². The van der Waals surface area contributed by atoms with Crippen molar-refractivity contribution in [3.05, 3.63) is 71.8 Å². The van der Waals surface area contributed by atoms with E-state index in [-0.39, 0.29) is 29.7 Å². The summed E-state index contributed by atoms with van der Waals surface area (Å²) >= 11 is 0. The molecule has 32 heavy (non-hydrogen) atoms. The van der Waals surface area contributed by atoms with Crippen molar-refractivity contribution in [3.8, 4) is 0 Å². The molecular formula is C24H24F3N3O2. The van der Waals surface area contributed by atoms with Crippen molar-refractivity contribution in [1.82, 2.24) is 14.3 Å². The number of aliphatic hydroxyl groups is 1. The summed E-state index contributed by atoms with van der Waals surface area (Å²) in [4.78, 5) is 19.0. The van der Waals surface area contributed by atoms with Crippen LogP contribution in [0.25, 0.3) is 5.52 Å². The Morgan fingerprint density at radius 3 is 2.53 bits per heavy atom. The number of likely N-dealkylation sites (tertiary alicyclic amines) is 1. The summed E-state index contributed by atoms with van der Waals surface area (Å²) in [7, 11) is 0. The lowest BCUT2D eigenvalue weighted by molar-refractivity contribution is -0.145. The smallest absolute Gasteiger partial charge is 0.385 e. The number of carbonyl (C=O) groups is 1. The molecule has 1 aromatic carbocycles. The van der Waals surface area contributed by atoms with Gasteiger partial charge in [-0.2, -0.15) is 13.2 Å². The van der Waals surface area contributed by atoms with Crippen LogP contribution in [0.1, 0.15) is 54.0 Å². The number of pyridine rings is 1. The first kappa shape index (κ1) is 21.0. The number of halogens is 3. The fraction of sp³-hybridized carbons (Fsp3) is 0.417. The molecule has 1 saturated carbocycles. The summed E-state index contributed by atoms with van der Waals surface area (Å²) in [5.74, 6) is -1.78. The largest absolute Gasteiger partial charge is 0.450 e. The maximum absolute atomic E-state index is 13.6. The summed E-state index contributed by atoms with van der Waals surface area (Å²) < 4.78 is 41.6. The van der Waals surface area contributed by atoms with Crippen LogP contribution in [0, 0.1) is 5.92 Å². The number of hydrogen-bond acceptors (Lipinski definition) is 3. The van der Waals surface area contributed by atoms with Crippen molar-refractivity contribution in [2.45, 2.75) is 49.9 Å². The first-order chi connectivity index (χ1) is 15.3. The number of aromatic nitrogens is 2. The summed E-state index contributed by atoms with van der Waals surface area (Å²) in [5, 5.41) is 11.7. The van der Waals surface area contributed by atoms with Crippen molar-refractivity contribution in [2.24, 2.45) is 5.92 Å². The number of imidazole rings is 1. The fourth-order valence-electron chi connectivity index (χ4n) is 5.55. The minimum atomic E-state index is -4.67. The van der Waals surface area contributed by atoms with E-state index >= 15 is 0 Å². The number of amides is 1. The number of carbonyl (C=O) groups excluding carboxylic acids is 1. The van der Waals surface area contributed by atoms with E-state index in [1.54, 1.807) is 11.0 Å². The standard InChI is InChI=1S/C24H24F3N3O2/c25-24(26,27)22-28-20(19-12-6-7-14-30(19)22)21(31)29-15-13-23(32,16-8-2-1-3-9-16)17-10-4-5-11-18(17)29/h1-3,6-9,12,14,17-18,32H,4-5,10-11,13,15H2/t17-,18+,23?/m1/s1. The molecule has 5 nitrogen and oxygen atoms in total. The monoisotopic (exact) mass is 443 g/mol. The molecule has 2 aliphatic rings. The predicted octanol–water partition coefficient (Wildman–Crippen LogP) is 4.65. The molecule has 1 N–H and O–H groups in total. The van der Waals surface area contributed by atoms with Crippen molar-refractivity contribution in [2.75, 3.05) is 6.54 Å². The molecule has 3 aromatic rings. The Labute approximate surface area is 183 Å². The van der Waals surface area contributed by atoms with E-state index in [9.17, 15) is 23.1 Å². The maximum atomic E-state index is 13.6. The van der Waals surface area contributed by atoms with Crippen molar-refractivity contribution < 1.29 is 23.1 Å². The second kappa shape index (κ2) is 7.62. The van der Waals surface area contributed by atoms with Crippen LogP contribution in [-0.2, 0) is 11.8 Å². The number of benzene rings is 1. The highest BCUT2D eigenvalue weighted by molar-refractivity contribution is 5.99. The minimum Gasteiger partial charge on any atom is -0.385 e. The molecule has 5 rings (SSSR count). The number of alkyl halides is 3. The molecule has 1 amide bonds. The molecular weight excluding hydrogens is 419 g/mol. The van der Waals surface area contributed by atoms with Crippen LogP contribution < -0.4 is 0 Å². The second-order valence-electron chi connectivity index (χ2n) is 8.73. The van der Waals surface area contributed by atoms with Crippen molar-refractivity contribution in [1.29, 1.82) is 0 Å². The molecule has 168 valence electrons. The van der Waals surface area contributed by atoms with Crippen LogP contribution in [0.3, 0.4) is 0 Å². The quantitative estimate of drug-likeness (QED) is 0.628. The predicted molar refractivity (Wildman–Crippen MR) is 112 cm³/mol. The average Bonchev–Trinajstić information content (AvgIpc) is 3.20. The molecule has 8 heteroatoms. The molecule has 1 saturated heterocycles. The van der Waals surface area contributed by atoms with Gasteiger partial charge in [-0.1, -0.05) is 49.2 Å². The van der Waals surface area contributed by atoms with E-state index in [0.29, 0.717) is 12.8 Å². The lowest BCUT2D eigenvalue weighted by Crippen LogP contribution is -2.59. The summed E-state index contributed by atoms with van der Waals surface area (Å²) in [6.07, 6.45) is 0.266. The molecule has 1 aliphatic heterocycles. The van der Waals surface area contributed by atoms with Crippen LogP contribution in [0.4, 0.5) is 13.2 Å². The third-order valence-corrected chi connectivity index (χ3v) is 7.02. The van der Waals surface area contributed by atoms with E-state index in [1.165, 1.54) is 18.3 Å². The van der Waals surface area contributed by atoms with Gasteiger partial charge in [0.2, 0.25) is 5.82 Å². The first-order valence-corrected chi connectivity index (χ1v) is 10.9. The molecule has 0 spiro atoms. The van der Waals surface area contributed by atoms with Gasteiger partial charge in [0.25, 0.3) is 5.91 Å². The van der Waals surface area contributed by atoms with Crippen LogP contribution >= 0.6 is 0 Å². The van der Waals surface area contributed by atoms with Gasteiger partial charge in [-0.25, -0.2) is 4.98 Å². The molecule has 2 fully saturated rings. The highest BCUT2D eigenvalue weighted by atomic mass is 19.4. The maximum Gasteiger partial charge on any atom is 0.450 e. The molecule has 1 aliphatic carbocycles. The van der Waals surface area contributed by atoms with E-state index in [0.717, 1.165) is 29.2 Å². The summed E-state index contributed by atoms with van der Waals surface area (Å²) in [6.45, 7) is 0.262. The van der Waals surface area contributed by atoms with Crippen molar-refractivity contribution in [3.63, 3.8) is 0 Å². The normalized spacial score (nSPS) is 26.2. The second-order valence-corrected chi connectivity index (χ2v) is 8.73. The summed E-state index contributed by atoms with van der Waals surface area (Å²) in [5.41, 5.74) is -0.277. The zero-order chi connectivity index (χ0) is 22.5. The number of piperidine rings is 1. The molecule has 3 atom stereocenters. The van der Waals surface area contributed by atoms with Gasteiger partial charge in [0, 0.05) is 24.7 Å². The van der Waals surface area contributed by atoms with Crippen LogP contribution in [0.15, 0.2) is 54.7 Å². The van der Waals surface area contributed by atoms with Gasteiger partial charge >= 0.3 is 6.18 Å². The van der Waals surface area contributed by atoms with E-state index in [2.05, 4.69) is 4.98 Å². The Morgan fingerprint density at radius 2 is 1.78 bits per heavy atom. The first-order valence-electron chi connectivity index (χ1n) is 10.9. The van der Waals surface area contributed by atoms with E-state index in [4.69, 9.17) is 0 Å². The van der Waals surface area contributed by atoms with Crippen LogP contribution in [0.5, 0.6) is 0 Å². The van der Waals surface area contributed by atoms with E-state index < -0.39 is 23.5 Å². The Kier molecular flexibility index (Phi) is 5.00. The molecule has 2 aromatic heterocycles. The van der Waals surface area contributed by atoms with Gasteiger partial charge in [-0.15, -0.1) is 0 Å². The number of fused-ring (bicyclic) bond motifs is 2. The number of hydrogen-bond donors (Lipinski definition) is 1. The van der Waals surface area contributed by atoms with Gasteiger partial charge in [-0.05, 0) is 37.0 Å². The molecule has 1 unspecified atom stereocenters. The fourth-order valence-corrected chi connectivity index (χ4v) is 5.55. The number of nitrogens with zero attached hydrogens (tertiary/aromatic N) is 3. The lowest BCUT2D eigenvalue weighted by Gasteiger charge is -2.52. The number of rotatable bonds is 2. The highest BCUT2D eigenvalue weighted by Gasteiger charge is 2.51. The zero-order valence-electron chi connectivity index (χ0n) is 17.4. The lowest BCUT2D eigenvalue weighted by atomic mass is 9.66. The zero-order valence-corrected chi connectivity index (χ0v) is 17.4. The van der Waals surface area contributed by atoms with Crippen LogP contribution in [-0.4, -0.2) is 37.9 Å². The SMILES string of the molecule is O=C(c1nc(C(F)(F)F)n2ccccc12)N1CCC(O)(c2ccccc2)[C@@H]2CCCC[C@@H]21. The Morgan fingerprint density at radius 1 is 1.06 bits per heavy atom. The van der Waals surface area contributed by atoms with Crippen molar-refractivity contribution >= 4 is 11.4 Å². The Bertz CT molecular complexity index is 1140. The highest BCUT2D eigenvalue weighted by Crippen LogP contribution is 2.47. The third-order valence-electron chi connectivity index (χ3n) is 7.02. The Balaban J connectivity index is 1.53. The molecule has 0 radical (unpaired) electrons. The van der Waals surface area contributed by atoms with E-state index in [1.807, 2.05) is 30.3 Å².